The zero-order valence-corrected chi connectivity index (χ0v) is 14.3. The van der Waals surface area contributed by atoms with Gasteiger partial charge in [0.05, 0.1) is 6.10 Å². The monoisotopic (exact) mass is 332 g/mol. The summed E-state index contributed by atoms with van der Waals surface area (Å²) in [6.45, 7) is 4.42. The third-order valence-corrected chi connectivity index (χ3v) is 7.19. The van der Waals surface area contributed by atoms with Gasteiger partial charge in [-0.15, -0.1) is 11.3 Å². The van der Waals surface area contributed by atoms with Crippen LogP contribution in [0.2, 0.25) is 0 Å². The van der Waals surface area contributed by atoms with E-state index in [0.29, 0.717) is 17.3 Å². The van der Waals surface area contributed by atoms with Crippen LogP contribution in [0.4, 0.5) is 0 Å². The lowest BCUT2D eigenvalue weighted by Crippen LogP contribution is -2.36. The molecule has 5 nitrogen and oxygen atoms in total. The fraction of sp³-hybridized carbons (Fsp3) is 0.714. The van der Waals surface area contributed by atoms with Gasteiger partial charge in [-0.3, -0.25) is 0 Å². The number of nitrogens with zero attached hydrogens (tertiary/aromatic N) is 1. The highest BCUT2D eigenvalue weighted by Crippen LogP contribution is 2.26. The summed E-state index contributed by atoms with van der Waals surface area (Å²) in [5, 5.41) is 3.08. The summed E-state index contributed by atoms with van der Waals surface area (Å²) in [6, 6.07) is 3.64. The Balaban J connectivity index is 2.08. The molecule has 2 rings (SSSR count). The summed E-state index contributed by atoms with van der Waals surface area (Å²) in [7, 11) is -1.50. The Labute approximate surface area is 131 Å². The molecule has 0 bridgehead atoms. The number of ether oxygens (including phenoxy) is 1. The Morgan fingerprint density at radius 2 is 2.29 bits per heavy atom. The molecule has 1 aliphatic heterocycles. The van der Waals surface area contributed by atoms with Gasteiger partial charge >= 0.3 is 0 Å². The molecule has 1 aromatic rings. The molecular formula is C14H24N2O3S2. The first kappa shape index (κ1) is 16.9. The van der Waals surface area contributed by atoms with Crippen LogP contribution in [0.5, 0.6) is 0 Å². The lowest BCUT2D eigenvalue weighted by Gasteiger charge is -2.22. The van der Waals surface area contributed by atoms with Gasteiger partial charge in [0.15, 0.2) is 0 Å². The molecule has 0 radical (unpaired) electrons. The van der Waals surface area contributed by atoms with Crippen LogP contribution in [0.25, 0.3) is 0 Å². The van der Waals surface area contributed by atoms with E-state index in [9.17, 15) is 8.42 Å². The molecule has 0 spiro atoms. The van der Waals surface area contributed by atoms with Crippen LogP contribution in [0.3, 0.4) is 0 Å². The summed E-state index contributed by atoms with van der Waals surface area (Å²) < 4.78 is 32.9. The molecule has 120 valence electrons. The molecule has 1 unspecified atom stereocenters. The van der Waals surface area contributed by atoms with Crippen LogP contribution in [-0.4, -0.2) is 52.1 Å². The summed E-state index contributed by atoms with van der Waals surface area (Å²) in [5.41, 5.74) is 0. The van der Waals surface area contributed by atoms with Crippen molar-refractivity contribution in [3.63, 3.8) is 0 Å². The number of rotatable bonds is 8. The summed E-state index contributed by atoms with van der Waals surface area (Å²) >= 11 is 1.37. The minimum atomic E-state index is -3.39. The molecule has 1 aliphatic rings. The fourth-order valence-corrected chi connectivity index (χ4v) is 5.41. The molecule has 1 fully saturated rings. The normalized spacial score (nSPS) is 19.5. The van der Waals surface area contributed by atoms with E-state index in [1.807, 2.05) is 20.0 Å². The highest BCUT2D eigenvalue weighted by Gasteiger charge is 2.28. The second-order valence-corrected chi connectivity index (χ2v) is 8.50. The standard InChI is InChI=1S/C14H24N2O3S2/c1-3-16(11-12-5-4-10-19-12)21(17,18)14-7-6-13(20-14)8-9-15-2/h6-7,12,15H,3-5,8-11H2,1-2H3. The molecular weight excluding hydrogens is 308 g/mol. The maximum atomic E-state index is 12.7. The van der Waals surface area contributed by atoms with Gasteiger partial charge in [0, 0.05) is 24.6 Å². The fourth-order valence-electron chi connectivity index (χ4n) is 2.42. The van der Waals surface area contributed by atoms with E-state index in [0.717, 1.165) is 37.3 Å². The highest BCUT2D eigenvalue weighted by atomic mass is 32.2. The quantitative estimate of drug-likeness (QED) is 0.787. The smallest absolute Gasteiger partial charge is 0.252 e. The van der Waals surface area contributed by atoms with Crippen LogP contribution in [0.1, 0.15) is 24.6 Å². The van der Waals surface area contributed by atoms with E-state index in [4.69, 9.17) is 4.74 Å². The molecule has 2 heterocycles. The average Bonchev–Trinajstić information content (AvgIpc) is 3.13. The average molecular weight is 332 g/mol. The lowest BCUT2D eigenvalue weighted by molar-refractivity contribution is 0.0947. The first-order chi connectivity index (χ1) is 10.1. The van der Waals surface area contributed by atoms with Gasteiger partial charge < -0.3 is 10.1 Å². The zero-order chi connectivity index (χ0) is 15.3. The number of nitrogens with one attached hydrogen (secondary N) is 1. The third-order valence-electron chi connectivity index (χ3n) is 3.64. The maximum Gasteiger partial charge on any atom is 0.252 e. The van der Waals surface area contributed by atoms with Gasteiger partial charge in [-0.2, -0.15) is 4.31 Å². The van der Waals surface area contributed by atoms with Crippen molar-refractivity contribution in [2.75, 3.05) is 33.3 Å². The number of hydrogen-bond acceptors (Lipinski definition) is 5. The largest absolute Gasteiger partial charge is 0.377 e. The molecule has 0 amide bonds. The summed E-state index contributed by atoms with van der Waals surface area (Å²) in [6.07, 6.45) is 2.87. The van der Waals surface area contributed by atoms with Gasteiger partial charge in [-0.1, -0.05) is 6.92 Å². The van der Waals surface area contributed by atoms with Gasteiger partial charge in [0.2, 0.25) is 0 Å². The van der Waals surface area contributed by atoms with Crippen molar-refractivity contribution in [1.82, 2.24) is 9.62 Å². The van der Waals surface area contributed by atoms with E-state index in [2.05, 4.69) is 5.32 Å². The predicted molar refractivity (Wildman–Crippen MR) is 85.4 cm³/mol. The van der Waals surface area contributed by atoms with Crippen molar-refractivity contribution in [2.24, 2.45) is 0 Å². The van der Waals surface area contributed by atoms with Crippen molar-refractivity contribution in [3.05, 3.63) is 17.0 Å². The maximum absolute atomic E-state index is 12.7. The van der Waals surface area contributed by atoms with Crippen LogP contribution >= 0.6 is 11.3 Å². The van der Waals surface area contributed by atoms with Crippen molar-refractivity contribution >= 4 is 21.4 Å². The van der Waals surface area contributed by atoms with Gasteiger partial charge in [-0.25, -0.2) is 8.42 Å². The SMILES string of the molecule is CCN(CC1CCCO1)S(=O)(=O)c1ccc(CCNC)s1. The van der Waals surface area contributed by atoms with E-state index in [1.54, 1.807) is 6.07 Å². The molecule has 0 aromatic carbocycles. The Morgan fingerprint density at radius 3 is 2.90 bits per heavy atom. The summed E-state index contributed by atoms with van der Waals surface area (Å²) in [4.78, 5) is 1.09. The Morgan fingerprint density at radius 1 is 1.48 bits per heavy atom. The Bertz CT molecular complexity index is 536. The van der Waals surface area contributed by atoms with Crippen molar-refractivity contribution in [3.8, 4) is 0 Å². The van der Waals surface area contributed by atoms with Crippen LogP contribution in [0.15, 0.2) is 16.3 Å². The van der Waals surface area contributed by atoms with Gasteiger partial charge in [-0.05, 0) is 45.0 Å². The number of likely N-dealkylation sites (N-methyl/N-ethyl adjacent to an activating group) is 2. The van der Waals surface area contributed by atoms with Gasteiger partial charge in [0.25, 0.3) is 10.0 Å². The molecule has 0 saturated carbocycles. The molecule has 1 aromatic heterocycles. The topological polar surface area (TPSA) is 58.6 Å². The van der Waals surface area contributed by atoms with Crippen LogP contribution in [0, 0.1) is 0 Å². The molecule has 0 aliphatic carbocycles. The number of sulfonamides is 1. The van der Waals surface area contributed by atoms with E-state index in [1.165, 1.54) is 15.6 Å². The third kappa shape index (κ3) is 4.26. The van der Waals surface area contributed by atoms with Crippen LogP contribution in [-0.2, 0) is 21.2 Å². The summed E-state index contributed by atoms with van der Waals surface area (Å²) in [5.74, 6) is 0. The molecule has 1 N–H and O–H groups in total. The first-order valence-corrected chi connectivity index (χ1v) is 9.68. The number of thiophene rings is 1. The van der Waals surface area contributed by atoms with E-state index < -0.39 is 10.0 Å². The van der Waals surface area contributed by atoms with E-state index in [-0.39, 0.29) is 6.10 Å². The van der Waals surface area contributed by atoms with E-state index >= 15 is 0 Å². The van der Waals surface area contributed by atoms with Crippen molar-refractivity contribution in [2.45, 2.75) is 36.5 Å². The Kier molecular flexibility index (Phi) is 6.19. The molecule has 1 saturated heterocycles. The van der Waals surface area contributed by atoms with Crippen LogP contribution < -0.4 is 5.32 Å². The molecule has 21 heavy (non-hydrogen) atoms. The minimum absolute atomic E-state index is 0.0449. The highest BCUT2D eigenvalue weighted by molar-refractivity contribution is 7.91. The zero-order valence-electron chi connectivity index (χ0n) is 12.7. The van der Waals surface area contributed by atoms with Gasteiger partial charge in [0.1, 0.15) is 4.21 Å². The second-order valence-electron chi connectivity index (χ2n) is 5.16. The number of hydrogen-bond donors (Lipinski definition) is 1. The van der Waals surface area contributed by atoms with Crippen molar-refractivity contribution in [1.29, 1.82) is 0 Å². The minimum Gasteiger partial charge on any atom is -0.377 e. The second kappa shape index (κ2) is 7.69. The Hall–Kier alpha value is -0.470. The lowest BCUT2D eigenvalue weighted by atomic mass is 10.2. The van der Waals surface area contributed by atoms with Crippen molar-refractivity contribution < 1.29 is 13.2 Å². The molecule has 1 atom stereocenters. The molecule has 7 heteroatoms. The predicted octanol–water partition coefficient (Wildman–Crippen LogP) is 1.70. The first-order valence-electron chi connectivity index (χ1n) is 7.43.